The Bertz CT molecular complexity index is 291. The lowest BCUT2D eigenvalue weighted by molar-refractivity contribution is 0.622. The lowest BCUT2D eigenvalue weighted by atomic mass is 10.1. The Morgan fingerprint density at radius 2 is 2.23 bits per heavy atom. The van der Waals surface area contributed by atoms with Crippen molar-refractivity contribution >= 4 is 15.9 Å². The highest BCUT2D eigenvalue weighted by molar-refractivity contribution is 9.10. The molecule has 0 spiro atoms. The van der Waals surface area contributed by atoms with Crippen LogP contribution in [-0.4, -0.2) is 15.8 Å². The number of nitrogens with zero attached hydrogens (tertiary/aromatic N) is 2. The Balaban J connectivity index is 2.76. The maximum Gasteiger partial charge on any atom is 0.0738 e. The van der Waals surface area contributed by atoms with E-state index in [-0.39, 0.29) is 6.04 Å². The normalized spacial score (nSPS) is 13.3. The zero-order valence-electron chi connectivity index (χ0n) is 8.34. The van der Waals surface area contributed by atoms with Gasteiger partial charge < -0.3 is 5.73 Å². The van der Waals surface area contributed by atoms with Gasteiger partial charge in [-0.25, -0.2) is 0 Å². The van der Waals surface area contributed by atoms with Crippen molar-refractivity contribution in [1.29, 1.82) is 0 Å². The highest BCUT2D eigenvalue weighted by Crippen LogP contribution is 2.21. The van der Waals surface area contributed by atoms with Crippen molar-refractivity contribution < 1.29 is 0 Å². The van der Waals surface area contributed by atoms with E-state index in [4.69, 9.17) is 5.73 Å². The molecule has 0 saturated heterocycles. The fourth-order valence-corrected chi connectivity index (χ4v) is 1.85. The summed E-state index contributed by atoms with van der Waals surface area (Å²) in [5.41, 5.74) is 7.98. The number of nitrogens with two attached hydrogens (primary N) is 1. The van der Waals surface area contributed by atoms with Crippen molar-refractivity contribution in [2.45, 2.75) is 32.7 Å². The molecule has 0 fully saturated rings. The second-order valence-electron chi connectivity index (χ2n) is 3.49. The Morgan fingerprint density at radius 1 is 1.62 bits per heavy atom. The van der Waals surface area contributed by atoms with E-state index >= 15 is 0 Å². The lowest BCUT2D eigenvalue weighted by Gasteiger charge is -2.05. The predicted octanol–water partition coefficient (Wildman–Crippen LogP) is 1.77. The molecule has 0 aliphatic carbocycles. The molecule has 0 aliphatic heterocycles. The molecular weight excluding hydrogens is 230 g/mol. The van der Waals surface area contributed by atoms with Crippen molar-refractivity contribution in [2.24, 2.45) is 12.8 Å². The Labute approximate surface area is 87.4 Å². The number of aromatic nitrogens is 2. The molecule has 0 saturated carbocycles. The van der Waals surface area contributed by atoms with Gasteiger partial charge in [0.1, 0.15) is 0 Å². The molecular formula is C9H16BrN3. The summed E-state index contributed by atoms with van der Waals surface area (Å²) in [6.07, 6.45) is 1.98. The van der Waals surface area contributed by atoms with Crippen LogP contribution in [0.2, 0.25) is 0 Å². The van der Waals surface area contributed by atoms with Crippen molar-refractivity contribution in [2.75, 3.05) is 0 Å². The van der Waals surface area contributed by atoms with E-state index in [9.17, 15) is 0 Å². The molecule has 0 amide bonds. The van der Waals surface area contributed by atoms with Crippen LogP contribution in [0, 0.1) is 6.92 Å². The van der Waals surface area contributed by atoms with Gasteiger partial charge in [0.05, 0.1) is 15.9 Å². The Morgan fingerprint density at radius 3 is 2.62 bits per heavy atom. The highest BCUT2D eigenvalue weighted by Gasteiger charge is 2.10. The van der Waals surface area contributed by atoms with Crippen molar-refractivity contribution in [3.63, 3.8) is 0 Å². The van der Waals surface area contributed by atoms with E-state index in [1.54, 1.807) is 0 Å². The molecule has 1 aromatic rings. The monoisotopic (exact) mass is 245 g/mol. The summed E-state index contributed by atoms with van der Waals surface area (Å²) in [6, 6.07) is 0.252. The Hall–Kier alpha value is -0.350. The smallest absolute Gasteiger partial charge is 0.0738 e. The van der Waals surface area contributed by atoms with E-state index in [1.807, 2.05) is 25.6 Å². The van der Waals surface area contributed by atoms with Crippen LogP contribution in [-0.2, 0) is 13.5 Å². The average molecular weight is 246 g/mol. The van der Waals surface area contributed by atoms with Gasteiger partial charge in [-0.1, -0.05) is 0 Å². The minimum Gasteiger partial charge on any atom is -0.328 e. The summed E-state index contributed by atoms with van der Waals surface area (Å²) in [5, 5.41) is 4.32. The van der Waals surface area contributed by atoms with Gasteiger partial charge in [0, 0.05) is 13.1 Å². The van der Waals surface area contributed by atoms with E-state index in [0.717, 1.165) is 23.0 Å². The van der Waals surface area contributed by atoms with E-state index in [1.165, 1.54) is 5.69 Å². The number of hydrogen-bond donors (Lipinski definition) is 1. The molecule has 3 nitrogen and oxygen atoms in total. The largest absolute Gasteiger partial charge is 0.328 e. The van der Waals surface area contributed by atoms with Crippen LogP contribution < -0.4 is 5.73 Å². The summed E-state index contributed by atoms with van der Waals surface area (Å²) in [5.74, 6) is 0. The third-order valence-electron chi connectivity index (χ3n) is 2.10. The molecule has 13 heavy (non-hydrogen) atoms. The van der Waals surface area contributed by atoms with Crippen LogP contribution in [0.4, 0.5) is 0 Å². The molecule has 1 atom stereocenters. The maximum atomic E-state index is 5.70. The zero-order valence-corrected chi connectivity index (χ0v) is 9.93. The van der Waals surface area contributed by atoms with Gasteiger partial charge in [0.2, 0.25) is 0 Å². The van der Waals surface area contributed by atoms with Crippen LogP contribution in [0.15, 0.2) is 4.47 Å². The highest BCUT2D eigenvalue weighted by atomic mass is 79.9. The number of hydrogen-bond acceptors (Lipinski definition) is 2. The van der Waals surface area contributed by atoms with E-state index in [0.29, 0.717) is 0 Å². The van der Waals surface area contributed by atoms with Crippen molar-refractivity contribution in [3.8, 4) is 0 Å². The molecule has 1 unspecified atom stereocenters. The number of rotatable bonds is 3. The average Bonchev–Trinajstić information content (AvgIpc) is 2.24. The van der Waals surface area contributed by atoms with Crippen LogP contribution in [0.5, 0.6) is 0 Å². The first-order chi connectivity index (χ1) is 6.02. The molecule has 1 rings (SSSR count). The summed E-state index contributed by atoms with van der Waals surface area (Å²) >= 11 is 3.53. The fourth-order valence-electron chi connectivity index (χ4n) is 1.32. The van der Waals surface area contributed by atoms with Crippen molar-refractivity contribution in [1.82, 2.24) is 9.78 Å². The van der Waals surface area contributed by atoms with Gasteiger partial charge in [-0.3, -0.25) is 4.68 Å². The first-order valence-corrected chi connectivity index (χ1v) is 5.25. The maximum absolute atomic E-state index is 5.70. The van der Waals surface area contributed by atoms with Gasteiger partial charge in [0.15, 0.2) is 0 Å². The second-order valence-corrected chi connectivity index (χ2v) is 4.28. The van der Waals surface area contributed by atoms with E-state index < -0.39 is 0 Å². The van der Waals surface area contributed by atoms with E-state index in [2.05, 4.69) is 21.0 Å². The van der Waals surface area contributed by atoms with Gasteiger partial charge in [-0.05, 0) is 42.6 Å². The third kappa shape index (κ3) is 2.54. The van der Waals surface area contributed by atoms with Crippen LogP contribution in [0.1, 0.15) is 24.7 Å². The first-order valence-electron chi connectivity index (χ1n) is 4.46. The molecule has 1 heterocycles. The van der Waals surface area contributed by atoms with Crippen LogP contribution in [0.25, 0.3) is 0 Å². The summed E-state index contributed by atoms with van der Waals surface area (Å²) in [4.78, 5) is 0. The molecule has 74 valence electrons. The van der Waals surface area contributed by atoms with Gasteiger partial charge in [0.25, 0.3) is 0 Å². The third-order valence-corrected chi connectivity index (χ3v) is 3.13. The van der Waals surface area contributed by atoms with Crippen LogP contribution in [0.3, 0.4) is 0 Å². The molecule has 0 aromatic carbocycles. The predicted molar refractivity (Wildman–Crippen MR) is 57.6 cm³/mol. The second kappa shape index (κ2) is 4.24. The lowest BCUT2D eigenvalue weighted by Crippen LogP contribution is -2.16. The molecule has 1 aromatic heterocycles. The van der Waals surface area contributed by atoms with Crippen molar-refractivity contribution in [3.05, 3.63) is 15.9 Å². The van der Waals surface area contributed by atoms with Gasteiger partial charge in [-0.2, -0.15) is 5.10 Å². The Kier molecular flexibility index (Phi) is 3.50. The topological polar surface area (TPSA) is 43.8 Å². The molecule has 0 aliphatic rings. The van der Waals surface area contributed by atoms with Crippen LogP contribution >= 0.6 is 15.9 Å². The number of aryl methyl sites for hydroxylation is 2. The fraction of sp³-hybridized carbons (Fsp3) is 0.667. The molecule has 2 N–H and O–H groups in total. The first kappa shape index (κ1) is 10.7. The molecule has 0 radical (unpaired) electrons. The summed E-state index contributed by atoms with van der Waals surface area (Å²) < 4.78 is 3.04. The molecule has 4 heteroatoms. The summed E-state index contributed by atoms with van der Waals surface area (Å²) in [6.45, 7) is 4.02. The standard InChI is InChI=1S/C9H16BrN3/c1-6(11)4-5-8-9(10)7(2)12-13(8)3/h6H,4-5,11H2,1-3H3. The summed E-state index contributed by atoms with van der Waals surface area (Å²) in [7, 11) is 1.97. The number of halogens is 1. The quantitative estimate of drug-likeness (QED) is 0.883. The van der Waals surface area contributed by atoms with Gasteiger partial charge >= 0.3 is 0 Å². The minimum atomic E-state index is 0.252. The SMILES string of the molecule is Cc1nn(C)c(CCC(C)N)c1Br. The molecule has 0 bridgehead atoms. The zero-order chi connectivity index (χ0) is 10.0. The minimum absolute atomic E-state index is 0.252. The van der Waals surface area contributed by atoms with Gasteiger partial charge in [-0.15, -0.1) is 0 Å².